The fourth-order valence-corrected chi connectivity index (χ4v) is 2.13. The van der Waals surface area contributed by atoms with E-state index >= 15 is 0 Å². The molecule has 0 bridgehead atoms. The first-order valence-corrected chi connectivity index (χ1v) is 5.86. The molecule has 4 nitrogen and oxygen atoms in total. The number of aryl methyl sites for hydroxylation is 2. The van der Waals surface area contributed by atoms with Crippen molar-refractivity contribution in [3.63, 3.8) is 0 Å². The van der Waals surface area contributed by atoms with Crippen LogP contribution in [0.2, 0.25) is 0 Å². The Balaban J connectivity index is 2.66. The lowest BCUT2D eigenvalue weighted by atomic mass is 10.2. The predicted molar refractivity (Wildman–Crippen MR) is 66.3 cm³/mol. The number of carbonyl (C=O) groups excluding carboxylic acids is 1. The van der Waals surface area contributed by atoms with Gasteiger partial charge in [-0.25, -0.2) is 4.98 Å². The number of nitrogens with zero attached hydrogens (tertiary/aromatic N) is 1. The highest BCUT2D eigenvalue weighted by Gasteiger charge is 2.14. The number of thiazole rings is 1. The summed E-state index contributed by atoms with van der Waals surface area (Å²) in [6.07, 6.45) is 6.18. The quantitative estimate of drug-likeness (QED) is 0.776. The summed E-state index contributed by atoms with van der Waals surface area (Å²) in [6, 6.07) is -0.667. The maximum absolute atomic E-state index is 11.5. The molecule has 1 atom stereocenters. The lowest BCUT2D eigenvalue weighted by Gasteiger charge is -2.06. The summed E-state index contributed by atoms with van der Waals surface area (Å²) >= 11 is 1.45. The zero-order valence-corrected chi connectivity index (χ0v) is 10.2. The van der Waals surface area contributed by atoms with Crippen LogP contribution >= 0.6 is 11.3 Å². The highest BCUT2D eigenvalue weighted by atomic mass is 32.1. The second-order valence-electron chi connectivity index (χ2n) is 3.38. The minimum Gasteiger partial charge on any atom is -0.319 e. The van der Waals surface area contributed by atoms with E-state index in [-0.39, 0.29) is 12.3 Å². The molecule has 0 spiro atoms. The van der Waals surface area contributed by atoms with E-state index in [4.69, 9.17) is 12.2 Å². The van der Waals surface area contributed by atoms with Crippen molar-refractivity contribution in [2.75, 3.05) is 5.32 Å². The number of carbonyl (C=O) groups is 1. The molecular formula is C11H15N3OS. The third-order valence-corrected chi connectivity index (χ3v) is 3.06. The van der Waals surface area contributed by atoms with Gasteiger partial charge in [0.1, 0.15) is 0 Å². The summed E-state index contributed by atoms with van der Waals surface area (Å²) in [6.45, 7) is 4.01. The maximum Gasteiger partial charge on any atom is 0.244 e. The van der Waals surface area contributed by atoms with E-state index in [9.17, 15) is 4.79 Å². The molecule has 1 heterocycles. The second-order valence-corrected chi connectivity index (χ2v) is 4.58. The van der Waals surface area contributed by atoms with Crippen LogP contribution < -0.4 is 11.1 Å². The molecule has 3 N–H and O–H groups in total. The monoisotopic (exact) mass is 237 g/mol. The summed E-state index contributed by atoms with van der Waals surface area (Å²) in [7, 11) is 0. The maximum atomic E-state index is 11.5. The molecule has 0 saturated carbocycles. The first-order valence-electron chi connectivity index (χ1n) is 5.04. The molecule has 1 unspecified atom stereocenters. The van der Waals surface area contributed by atoms with Crippen molar-refractivity contribution < 1.29 is 4.79 Å². The van der Waals surface area contributed by atoms with Crippen molar-refractivity contribution in [2.45, 2.75) is 32.7 Å². The van der Waals surface area contributed by atoms with Crippen LogP contribution in [0.15, 0.2) is 0 Å². The van der Waals surface area contributed by atoms with Gasteiger partial charge in [-0.2, -0.15) is 0 Å². The van der Waals surface area contributed by atoms with Crippen LogP contribution in [0, 0.1) is 19.3 Å². The molecule has 86 valence electrons. The first kappa shape index (κ1) is 12.7. The Bertz CT molecular complexity index is 419. The minimum absolute atomic E-state index is 0.233. The third-order valence-electron chi connectivity index (χ3n) is 2.13. The number of nitrogens with two attached hydrogens (primary N) is 1. The van der Waals surface area contributed by atoms with Gasteiger partial charge in [0, 0.05) is 11.3 Å². The first-order chi connectivity index (χ1) is 7.58. The van der Waals surface area contributed by atoms with E-state index in [0.717, 1.165) is 17.0 Å². The molecule has 0 radical (unpaired) electrons. The minimum atomic E-state index is -0.667. The molecule has 1 amide bonds. The van der Waals surface area contributed by atoms with Gasteiger partial charge in [-0.1, -0.05) is 6.92 Å². The number of aromatic nitrogens is 1. The Morgan fingerprint density at radius 1 is 1.75 bits per heavy atom. The summed E-state index contributed by atoms with van der Waals surface area (Å²) < 4.78 is 0. The standard InChI is InChI=1S/C11H15N3OS/c1-4-6-8(12)10(15)14-11-13-9(5-2)7(3)16-11/h1,8H,5-6,12H2,2-3H3,(H,13,14,15). The van der Waals surface area contributed by atoms with Crippen molar-refractivity contribution >= 4 is 22.4 Å². The van der Waals surface area contributed by atoms with E-state index < -0.39 is 6.04 Å². The van der Waals surface area contributed by atoms with Crippen LogP contribution in [0.3, 0.4) is 0 Å². The van der Waals surface area contributed by atoms with Crippen molar-refractivity contribution in [1.82, 2.24) is 4.98 Å². The highest BCUT2D eigenvalue weighted by Crippen LogP contribution is 2.22. The van der Waals surface area contributed by atoms with Gasteiger partial charge in [0.15, 0.2) is 5.13 Å². The fourth-order valence-electron chi connectivity index (χ4n) is 1.23. The largest absolute Gasteiger partial charge is 0.319 e. The molecular weight excluding hydrogens is 222 g/mol. The smallest absolute Gasteiger partial charge is 0.244 e. The number of rotatable bonds is 4. The van der Waals surface area contributed by atoms with E-state index in [1.165, 1.54) is 11.3 Å². The van der Waals surface area contributed by atoms with Gasteiger partial charge in [0.2, 0.25) is 5.91 Å². The number of hydrogen-bond donors (Lipinski definition) is 2. The number of anilines is 1. The SMILES string of the molecule is C#CCC(N)C(=O)Nc1nc(CC)c(C)s1. The lowest BCUT2D eigenvalue weighted by Crippen LogP contribution is -2.35. The lowest BCUT2D eigenvalue weighted by molar-refractivity contribution is -0.117. The molecule has 16 heavy (non-hydrogen) atoms. The summed E-state index contributed by atoms with van der Waals surface area (Å²) in [5.74, 6) is 2.08. The van der Waals surface area contributed by atoms with Gasteiger partial charge in [0.25, 0.3) is 0 Å². The van der Waals surface area contributed by atoms with Gasteiger partial charge in [-0.05, 0) is 13.3 Å². The van der Waals surface area contributed by atoms with Crippen LogP contribution in [0.25, 0.3) is 0 Å². The van der Waals surface area contributed by atoms with Crippen molar-refractivity contribution in [2.24, 2.45) is 5.73 Å². The number of terminal acetylenes is 1. The van der Waals surface area contributed by atoms with Gasteiger partial charge in [0.05, 0.1) is 11.7 Å². The summed E-state index contributed by atoms with van der Waals surface area (Å²) in [5, 5.41) is 3.26. The molecule has 0 aliphatic carbocycles. The third kappa shape index (κ3) is 3.05. The predicted octanol–water partition coefficient (Wildman–Crippen LogP) is 1.30. The zero-order valence-electron chi connectivity index (χ0n) is 9.41. The van der Waals surface area contributed by atoms with E-state index in [0.29, 0.717) is 5.13 Å². The molecule has 0 aromatic carbocycles. The molecule has 0 aliphatic rings. The molecule has 0 saturated heterocycles. The van der Waals surface area contributed by atoms with Crippen LogP contribution in [0.5, 0.6) is 0 Å². The van der Waals surface area contributed by atoms with E-state index in [1.54, 1.807) is 0 Å². The van der Waals surface area contributed by atoms with Crippen molar-refractivity contribution in [1.29, 1.82) is 0 Å². The Hall–Kier alpha value is -1.38. The van der Waals surface area contributed by atoms with Gasteiger partial charge < -0.3 is 11.1 Å². The zero-order chi connectivity index (χ0) is 12.1. The second kappa shape index (κ2) is 5.64. The molecule has 0 fully saturated rings. The van der Waals surface area contributed by atoms with E-state index in [1.807, 2.05) is 13.8 Å². The molecule has 1 aromatic heterocycles. The van der Waals surface area contributed by atoms with Crippen molar-refractivity contribution in [3.8, 4) is 12.3 Å². The Morgan fingerprint density at radius 3 is 2.94 bits per heavy atom. The van der Waals surface area contributed by atoms with Crippen molar-refractivity contribution in [3.05, 3.63) is 10.6 Å². The Labute approximate surface area is 99.3 Å². The van der Waals surface area contributed by atoms with Gasteiger partial charge in [-0.15, -0.1) is 23.7 Å². The summed E-state index contributed by atoms with van der Waals surface area (Å²) in [5.41, 5.74) is 6.58. The molecule has 1 rings (SSSR count). The van der Waals surface area contributed by atoms with Crippen LogP contribution in [-0.2, 0) is 11.2 Å². The van der Waals surface area contributed by atoms with Crippen LogP contribution in [-0.4, -0.2) is 16.9 Å². The normalized spacial score (nSPS) is 11.9. The molecule has 5 heteroatoms. The summed E-state index contributed by atoms with van der Waals surface area (Å²) in [4.78, 5) is 17.0. The van der Waals surface area contributed by atoms with E-state index in [2.05, 4.69) is 16.2 Å². The number of nitrogens with one attached hydrogen (secondary N) is 1. The topological polar surface area (TPSA) is 68.0 Å². The Morgan fingerprint density at radius 2 is 2.44 bits per heavy atom. The van der Waals surface area contributed by atoms with Gasteiger partial charge in [-0.3, -0.25) is 4.79 Å². The van der Waals surface area contributed by atoms with Crippen LogP contribution in [0.4, 0.5) is 5.13 Å². The molecule has 1 aromatic rings. The average molecular weight is 237 g/mol. The number of amides is 1. The highest BCUT2D eigenvalue weighted by molar-refractivity contribution is 7.15. The average Bonchev–Trinajstić information content (AvgIpc) is 2.59. The fraction of sp³-hybridized carbons (Fsp3) is 0.455. The van der Waals surface area contributed by atoms with Crippen LogP contribution in [0.1, 0.15) is 23.9 Å². The molecule has 0 aliphatic heterocycles. The van der Waals surface area contributed by atoms with Gasteiger partial charge >= 0.3 is 0 Å². The Kier molecular flexibility index (Phi) is 4.47. The number of hydrogen-bond acceptors (Lipinski definition) is 4.